The van der Waals surface area contributed by atoms with Gasteiger partial charge in [0, 0.05) is 23.2 Å². The summed E-state index contributed by atoms with van der Waals surface area (Å²) in [4.78, 5) is 11.7. The third-order valence-electron chi connectivity index (χ3n) is 2.20. The van der Waals surface area contributed by atoms with Gasteiger partial charge in [0.25, 0.3) is 0 Å². The molecule has 0 amide bonds. The molecule has 1 rings (SSSR count). The lowest BCUT2D eigenvalue weighted by atomic mass is 9.96. The highest BCUT2D eigenvalue weighted by Gasteiger charge is 2.35. The summed E-state index contributed by atoms with van der Waals surface area (Å²) >= 11 is 8.47. The SMILES string of the molecule is O=C(CCCl)c1c(CBr)cccc1C(F)(F)F. The highest BCUT2D eigenvalue weighted by Crippen LogP contribution is 2.34. The fourth-order valence-corrected chi connectivity index (χ4v) is 2.13. The van der Waals surface area contributed by atoms with Crippen molar-refractivity contribution in [3.05, 3.63) is 34.9 Å². The van der Waals surface area contributed by atoms with E-state index in [-0.39, 0.29) is 23.2 Å². The molecule has 0 saturated heterocycles. The van der Waals surface area contributed by atoms with Gasteiger partial charge in [0.1, 0.15) is 0 Å². The number of ketones is 1. The molecule has 1 nitrogen and oxygen atoms in total. The van der Waals surface area contributed by atoms with Crippen LogP contribution in [0.5, 0.6) is 0 Å². The van der Waals surface area contributed by atoms with Crippen molar-refractivity contribution in [2.24, 2.45) is 0 Å². The Morgan fingerprint density at radius 3 is 2.47 bits per heavy atom. The number of rotatable bonds is 4. The number of hydrogen-bond acceptors (Lipinski definition) is 1. The monoisotopic (exact) mass is 328 g/mol. The third kappa shape index (κ3) is 3.45. The zero-order valence-corrected chi connectivity index (χ0v) is 11.0. The summed E-state index contributed by atoms with van der Waals surface area (Å²) in [6.45, 7) is 0. The predicted octanol–water partition coefficient (Wildman–Crippen LogP) is 4.41. The Kier molecular flexibility index (Phi) is 5.01. The van der Waals surface area contributed by atoms with Crippen LogP contribution in [0.15, 0.2) is 18.2 Å². The van der Waals surface area contributed by atoms with Gasteiger partial charge in [-0.2, -0.15) is 13.2 Å². The largest absolute Gasteiger partial charge is 0.417 e. The van der Waals surface area contributed by atoms with Gasteiger partial charge in [-0.1, -0.05) is 28.1 Å². The summed E-state index contributed by atoms with van der Waals surface area (Å²) in [6.07, 6.45) is -4.63. The molecule has 1 aromatic carbocycles. The zero-order chi connectivity index (χ0) is 13.1. The molecule has 0 radical (unpaired) electrons. The number of hydrogen-bond donors (Lipinski definition) is 0. The molecule has 0 heterocycles. The first-order chi connectivity index (χ1) is 7.91. The molecule has 0 N–H and O–H groups in total. The lowest BCUT2D eigenvalue weighted by Crippen LogP contribution is -2.15. The number of alkyl halides is 5. The number of halogens is 5. The Labute approximate surface area is 110 Å². The van der Waals surface area contributed by atoms with Gasteiger partial charge in [0.05, 0.1) is 5.56 Å². The fourth-order valence-electron chi connectivity index (χ4n) is 1.49. The van der Waals surface area contributed by atoms with E-state index < -0.39 is 17.5 Å². The molecule has 0 spiro atoms. The first kappa shape index (κ1) is 14.5. The van der Waals surface area contributed by atoms with Crippen LogP contribution in [0.25, 0.3) is 0 Å². The topological polar surface area (TPSA) is 17.1 Å². The van der Waals surface area contributed by atoms with Gasteiger partial charge < -0.3 is 0 Å². The van der Waals surface area contributed by atoms with Crippen LogP contribution >= 0.6 is 27.5 Å². The minimum Gasteiger partial charge on any atom is -0.294 e. The van der Waals surface area contributed by atoms with E-state index in [0.717, 1.165) is 6.07 Å². The maximum Gasteiger partial charge on any atom is 0.417 e. The zero-order valence-electron chi connectivity index (χ0n) is 8.65. The molecule has 1 aromatic rings. The second kappa shape index (κ2) is 5.87. The molecular weight excluding hydrogens is 320 g/mol. The molecule has 0 aromatic heterocycles. The van der Waals surface area contributed by atoms with Crippen LogP contribution < -0.4 is 0 Å². The van der Waals surface area contributed by atoms with Crippen LogP contribution in [-0.4, -0.2) is 11.7 Å². The normalized spacial score (nSPS) is 11.6. The highest BCUT2D eigenvalue weighted by atomic mass is 79.9. The van der Waals surface area contributed by atoms with Crippen molar-refractivity contribution in [3.8, 4) is 0 Å². The van der Waals surface area contributed by atoms with E-state index in [0.29, 0.717) is 5.56 Å². The van der Waals surface area contributed by atoms with Gasteiger partial charge in [-0.3, -0.25) is 4.79 Å². The Morgan fingerprint density at radius 1 is 1.35 bits per heavy atom. The first-order valence-corrected chi connectivity index (χ1v) is 6.41. The Bertz CT molecular complexity index is 418. The van der Waals surface area contributed by atoms with Crippen LogP contribution in [0.4, 0.5) is 13.2 Å². The first-order valence-electron chi connectivity index (χ1n) is 4.76. The van der Waals surface area contributed by atoms with E-state index in [2.05, 4.69) is 15.9 Å². The van der Waals surface area contributed by atoms with Crippen LogP contribution in [0, 0.1) is 0 Å². The van der Waals surface area contributed by atoms with Crippen molar-refractivity contribution in [3.63, 3.8) is 0 Å². The summed E-state index contributed by atoms with van der Waals surface area (Å²) in [7, 11) is 0. The van der Waals surface area contributed by atoms with E-state index >= 15 is 0 Å². The summed E-state index contributed by atoms with van der Waals surface area (Å²) in [5, 5.41) is 0.195. The van der Waals surface area contributed by atoms with E-state index in [1.807, 2.05) is 0 Å². The van der Waals surface area contributed by atoms with E-state index in [9.17, 15) is 18.0 Å². The van der Waals surface area contributed by atoms with Gasteiger partial charge in [-0.15, -0.1) is 11.6 Å². The van der Waals surface area contributed by atoms with Crippen molar-refractivity contribution in [2.75, 3.05) is 5.88 Å². The molecule has 94 valence electrons. The molecule has 0 fully saturated rings. The van der Waals surface area contributed by atoms with Crippen LogP contribution in [0.2, 0.25) is 0 Å². The van der Waals surface area contributed by atoms with Crippen LogP contribution in [0.3, 0.4) is 0 Å². The number of carbonyl (C=O) groups excluding carboxylic acids is 1. The van der Waals surface area contributed by atoms with Gasteiger partial charge in [-0.25, -0.2) is 0 Å². The molecule has 6 heteroatoms. The Morgan fingerprint density at radius 2 is 2.00 bits per heavy atom. The maximum absolute atomic E-state index is 12.8. The molecule has 0 unspecified atom stereocenters. The quantitative estimate of drug-likeness (QED) is 0.590. The lowest BCUT2D eigenvalue weighted by molar-refractivity contribution is -0.138. The average Bonchev–Trinajstić information content (AvgIpc) is 2.27. The Hall–Kier alpha value is -0.550. The lowest BCUT2D eigenvalue weighted by Gasteiger charge is -2.14. The Balaban J connectivity index is 3.36. The van der Waals surface area contributed by atoms with Crippen LogP contribution in [-0.2, 0) is 11.5 Å². The van der Waals surface area contributed by atoms with Crippen LogP contribution in [0.1, 0.15) is 27.9 Å². The summed E-state index contributed by atoms with van der Waals surface area (Å²) in [6, 6.07) is 3.69. The summed E-state index contributed by atoms with van der Waals surface area (Å²) < 4.78 is 38.3. The molecule has 17 heavy (non-hydrogen) atoms. The van der Waals surface area contributed by atoms with Crippen molar-refractivity contribution < 1.29 is 18.0 Å². The molecule has 0 aliphatic heterocycles. The van der Waals surface area contributed by atoms with Crippen molar-refractivity contribution in [1.82, 2.24) is 0 Å². The van der Waals surface area contributed by atoms with E-state index in [1.165, 1.54) is 12.1 Å². The minimum absolute atomic E-state index is 0.00670. The van der Waals surface area contributed by atoms with Crippen molar-refractivity contribution in [1.29, 1.82) is 0 Å². The maximum atomic E-state index is 12.8. The third-order valence-corrected chi connectivity index (χ3v) is 2.99. The number of Topliss-reactive ketones (excluding diaryl/α,β-unsaturated/α-hetero) is 1. The smallest absolute Gasteiger partial charge is 0.294 e. The summed E-state index contributed by atoms with van der Waals surface area (Å²) in [5.74, 6) is -0.574. The molecule has 0 atom stereocenters. The summed E-state index contributed by atoms with van der Waals surface area (Å²) in [5.41, 5.74) is -0.850. The fraction of sp³-hybridized carbons (Fsp3) is 0.364. The number of carbonyl (C=O) groups is 1. The minimum atomic E-state index is -4.53. The van der Waals surface area contributed by atoms with Gasteiger partial charge >= 0.3 is 6.18 Å². The molecule has 0 aliphatic rings. The van der Waals surface area contributed by atoms with Gasteiger partial charge in [0.15, 0.2) is 5.78 Å². The van der Waals surface area contributed by atoms with E-state index in [1.54, 1.807) is 0 Å². The predicted molar refractivity (Wildman–Crippen MR) is 63.7 cm³/mol. The van der Waals surface area contributed by atoms with Crippen molar-refractivity contribution in [2.45, 2.75) is 17.9 Å². The van der Waals surface area contributed by atoms with Gasteiger partial charge in [-0.05, 0) is 11.6 Å². The van der Waals surface area contributed by atoms with E-state index in [4.69, 9.17) is 11.6 Å². The van der Waals surface area contributed by atoms with Crippen molar-refractivity contribution >= 4 is 33.3 Å². The second-order valence-corrected chi connectivity index (χ2v) is 4.27. The standard InChI is InChI=1S/C11H9BrClF3O/c12-6-7-2-1-3-8(11(14,15)16)10(7)9(17)4-5-13/h1-3H,4-6H2. The molecule has 0 aliphatic carbocycles. The second-order valence-electron chi connectivity index (χ2n) is 3.33. The average molecular weight is 330 g/mol. The number of benzene rings is 1. The molecule has 0 saturated carbocycles. The molecule has 0 bridgehead atoms. The molecular formula is C11H9BrClF3O. The highest BCUT2D eigenvalue weighted by molar-refractivity contribution is 9.08. The van der Waals surface area contributed by atoms with Gasteiger partial charge in [0.2, 0.25) is 0 Å².